The van der Waals surface area contributed by atoms with Crippen molar-refractivity contribution >= 4 is 47.8 Å². The van der Waals surface area contributed by atoms with E-state index < -0.39 is 5.60 Å². The Bertz CT molecular complexity index is 521. The highest BCUT2D eigenvalue weighted by molar-refractivity contribution is 14.0. The van der Waals surface area contributed by atoms with Crippen LogP contribution in [-0.2, 0) is 4.74 Å². The number of carbonyl (C=O) groups is 1. The molecule has 9 heteroatoms. The zero-order chi connectivity index (χ0) is 20.6. The molecule has 7 nitrogen and oxygen atoms in total. The molecule has 2 atom stereocenters. The molecule has 1 heterocycles. The van der Waals surface area contributed by atoms with Gasteiger partial charge in [-0.05, 0) is 59.3 Å². The summed E-state index contributed by atoms with van der Waals surface area (Å²) in [4.78, 5) is 20.7. The van der Waals surface area contributed by atoms with Gasteiger partial charge in [0.15, 0.2) is 5.96 Å². The van der Waals surface area contributed by atoms with Crippen molar-refractivity contribution in [1.82, 2.24) is 20.4 Å². The van der Waals surface area contributed by atoms with Gasteiger partial charge in [-0.25, -0.2) is 4.79 Å². The topological polar surface area (TPSA) is 69.2 Å². The molecule has 0 radical (unpaired) electrons. The molecule has 170 valence electrons. The zero-order valence-electron chi connectivity index (χ0n) is 18.7. The summed E-state index contributed by atoms with van der Waals surface area (Å²) in [7, 11) is 1.84. The number of carbonyl (C=O) groups excluding carboxylic acids is 1. The van der Waals surface area contributed by atoms with E-state index in [1.165, 1.54) is 19.3 Å². The zero-order valence-corrected chi connectivity index (χ0v) is 21.8. The lowest BCUT2D eigenvalue weighted by atomic mass is 10.2. The third-order valence-electron chi connectivity index (χ3n) is 5.25. The minimum atomic E-state index is -0.429. The van der Waals surface area contributed by atoms with Crippen molar-refractivity contribution in [2.75, 3.05) is 52.6 Å². The van der Waals surface area contributed by atoms with E-state index in [1.54, 1.807) is 0 Å². The summed E-state index contributed by atoms with van der Waals surface area (Å²) in [5.74, 6) is 0.918. The van der Waals surface area contributed by atoms with Gasteiger partial charge < -0.3 is 20.3 Å². The lowest BCUT2D eigenvalue weighted by Crippen LogP contribution is -2.50. The summed E-state index contributed by atoms with van der Waals surface area (Å²) in [6.07, 6.45) is 6.82. The van der Waals surface area contributed by atoms with Crippen LogP contribution in [0.25, 0.3) is 0 Å². The van der Waals surface area contributed by atoms with Gasteiger partial charge >= 0.3 is 6.09 Å². The molecule has 0 aromatic carbocycles. The second-order valence-electron chi connectivity index (χ2n) is 8.67. The molecule has 2 N–H and O–H groups in total. The van der Waals surface area contributed by atoms with Crippen LogP contribution in [0.3, 0.4) is 0 Å². The van der Waals surface area contributed by atoms with Gasteiger partial charge in [0.1, 0.15) is 5.60 Å². The molecule has 0 aromatic heterocycles. The second kappa shape index (κ2) is 13.1. The Morgan fingerprint density at radius 3 is 2.45 bits per heavy atom. The molecule has 1 amide bonds. The van der Waals surface area contributed by atoms with Gasteiger partial charge in [-0.2, -0.15) is 11.8 Å². The second-order valence-corrected chi connectivity index (χ2v) is 9.81. The highest BCUT2D eigenvalue weighted by atomic mass is 127. The number of ether oxygens (including phenoxy) is 1. The van der Waals surface area contributed by atoms with Crippen LogP contribution in [0.1, 0.15) is 46.5 Å². The summed E-state index contributed by atoms with van der Waals surface area (Å²) in [6, 6.07) is 0.546. The van der Waals surface area contributed by atoms with E-state index in [-0.39, 0.29) is 30.1 Å². The van der Waals surface area contributed by atoms with Gasteiger partial charge in [0.2, 0.25) is 0 Å². The minimum Gasteiger partial charge on any atom is -0.444 e. The van der Waals surface area contributed by atoms with E-state index in [0.29, 0.717) is 6.04 Å². The predicted molar refractivity (Wildman–Crippen MR) is 134 cm³/mol. The summed E-state index contributed by atoms with van der Waals surface area (Å²) >= 11 is 1.97. The molecule has 2 rings (SSSR count). The number of aliphatic imine (C=N–C) groups is 1. The monoisotopic (exact) mass is 541 g/mol. The lowest BCUT2D eigenvalue weighted by molar-refractivity contribution is 0.0145. The quantitative estimate of drug-likeness (QED) is 0.233. The molecular weight excluding hydrogens is 501 g/mol. The maximum Gasteiger partial charge on any atom is 0.410 e. The van der Waals surface area contributed by atoms with Crippen LogP contribution in [0.2, 0.25) is 0 Å². The maximum absolute atomic E-state index is 12.1. The largest absolute Gasteiger partial charge is 0.444 e. The van der Waals surface area contributed by atoms with Gasteiger partial charge in [0.25, 0.3) is 0 Å². The first-order chi connectivity index (χ1) is 13.3. The summed E-state index contributed by atoms with van der Waals surface area (Å²) in [5.41, 5.74) is -0.429. The van der Waals surface area contributed by atoms with E-state index in [4.69, 9.17) is 4.74 Å². The molecule has 1 saturated carbocycles. The molecule has 2 aliphatic rings. The van der Waals surface area contributed by atoms with Gasteiger partial charge in [0, 0.05) is 51.1 Å². The Balaban J connectivity index is 0.00000420. The summed E-state index contributed by atoms with van der Waals surface area (Å²) in [5, 5.41) is 7.79. The van der Waals surface area contributed by atoms with Crippen molar-refractivity contribution in [3.8, 4) is 0 Å². The van der Waals surface area contributed by atoms with Crippen LogP contribution in [0.4, 0.5) is 4.79 Å². The number of nitrogens with one attached hydrogen (secondary N) is 2. The third-order valence-corrected chi connectivity index (χ3v) is 6.34. The normalized spacial score (nSPS) is 23.5. The number of rotatable bonds is 6. The first kappa shape index (κ1) is 26.6. The van der Waals surface area contributed by atoms with Gasteiger partial charge in [0.05, 0.1) is 0 Å². The molecule has 1 saturated heterocycles. The predicted octanol–water partition coefficient (Wildman–Crippen LogP) is 3.00. The summed E-state index contributed by atoms with van der Waals surface area (Å²) < 4.78 is 5.45. The van der Waals surface area contributed by atoms with Gasteiger partial charge in [-0.3, -0.25) is 9.89 Å². The SMILES string of the molecule is CN=C(NCCCN1CCN(C(=O)OC(C)(C)C)CC1)NC1CCC(SC)C1.I. The number of nitrogens with zero attached hydrogens (tertiary/aromatic N) is 3. The van der Waals surface area contributed by atoms with Crippen LogP contribution in [-0.4, -0.2) is 91.3 Å². The van der Waals surface area contributed by atoms with Crippen LogP contribution >= 0.6 is 35.7 Å². The number of hydrogen-bond donors (Lipinski definition) is 2. The van der Waals surface area contributed by atoms with Crippen LogP contribution < -0.4 is 10.6 Å². The number of piperazine rings is 1. The van der Waals surface area contributed by atoms with E-state index in [1.807, 2.05) is 44.5 Å². The van der Waals surface area contributed by atoms with E-state index in [2.05, 4.69) is 26.8 Å². The van der Waals surface area contributed by atoms with Gasteiger partial charge in [-0.15, -0.1) is 24.0 Å². The van der Waals surface area contributed by atoms with Crippen LogP contribution in [0.15, 0.2) is 4.99 Å². The molecule has 1 aliphatic heterocycles. The fourth-order valence-electron chi connectivity index (χ4n) is 3.66. The van der Waals surface area contributed by atoms with E-state index >= 15 is 0 Å². The molecule has 1 aliphatic carbocycles. The smallest absolute Gasteiger partial charge is 0.410 e. The van der Waals surface area contributed by atoms with E-state index in [0.717, 1.165) is 56.9 Å². The minimum absolute atomic E-state index is 0. The Morgan fingerprint density at radius 2 is 1.90 bits per heavy atom. The standard InChI is InChI=1S/C20H39N5O2S.HI/c1-20(2,3)27-19(26)25-13-11-24(12-14-25)10-6-9-22-18(21-4)23-16-7-8-17(15-16)28-5;/h16-17H,6-15H2,1-5H3,(H2,21,22,23);1H. The lowest BCUT2D eigenvalue weighted by Gasteiger charge is -2.35. The molecule has 2 unspecified atom stereocenters. The van der Waals surface area contributed by atoms with Crippen molar-refractivity contribution in [3.63, 3.8) is 0 Å². The highest BCUT2D eigenvalue weighted by Gasteiger charge is 2.26. The molecule has 0 aromatic rings. The highest BCUT2D eigenvalue weighted by Crippen LogP contribution is 2.27. The van der Waals surface area contributed by atoms with Gasteiger partial charge in [-0.1, -0.05) is 0 Å². The first-order valence-corrected chi connectivity index (χ1v) is 11.8. The Morgan fingerprint density at radius 1 is 1.21 bits per heavy atom. The molecule has 0 bridgehead atoms. The molecule has 29 heavy (non-hydrogen) atoms. The molecule has 2 fully saturated rings. The Hall–Kier alpha value is -0.420. The van der Waals surface area contributed by atoms with Crippen molar-refractivity contribution in [2.45, 2.75) is 63.3 Å². The van der Waals surface area contributed by atoms with Crippen molar-refractivity contribution in [3.05, 3.63) is 0 Å². The number of thioether (sulfide) groups is 1. The fraction of sp³-hybridized carbons (Fsp3) is 0.900. The number of guanidine groups is 1. The number of halogens is 1. The fourth-order valence-corrected chi connectivity index (χ4v) is 4.46. The van der Waals surface area contributed by atoms with Crippen molar-refractivity contribution in [2.24, 2.45) is 4.99 Å². The van der Waals surface area contributed by atoms with Crippen molar-refractivity contribution in [1.29, 1.82) is 0 Å². The number of hydrogen-bond acceptors (Lipinski definition) is 5. The van der Waals surface area contributed by atoms with Crippen LogP contribution in [0, 0.1) is 0 Å². The van der Waals surface area contributed by atoms with Crippen molar-refractivity contribution < 1.29 is 9.53 Å². The third kappa shape index (κ3) is 9.95. The summed E-state index contributed by atoms with van der Waals surface area (Å²) in [6.45, 7) is 11.0. The number of amides is 1. The molecule has 0 spiro atoms. The average Bonchev–Trinajstić information content (AvgIpc) is 3.11. The average molecular weight is 542 g/mol. The molecular formula is C20H40IN5O2S. The first-order valence-electron chi connectivity index (χ1n) is 10.5. The Labute approximate surface area is 198 Å². The van der Waals surface area contributed by atoms with E-state index in [9.17, 15) is 4.79 Å². The maximum atomic E-state index is 12.1. The van der Waals surface area contributed by atoms with Crippen LogP contribution in [0.5, 0.6) is 0 Å². The Kier molecular flexibility index (Phi) is 12.0.